The van der Waals surface area contributed by atoms with E-state index < -0.39 is 31.8 Å². The number of sulfonamides is 1. The molecule has 1 atom stereocenters. The molecule has 0 radical (unpaired) electrons. The van der Waals surface area contributed by atoms with Gasteiger partial charge >= 0.3 is 0 Å². The molecule has 2 aromatic carbocycles. The monoisotopic (exact) mass is 440 g/mol. The van der Waals surface area contributed by atoms with Crippen molar-refractivity contribution < 1.29 is 26.4 Å². The summed E-state index contributed by atoms with van der Waals surface area (Å²) in [4.78, 5) is 12.3. The van der Waals surface area contributed by atoms with Crippen LogP contribution in [0.2, 0.25) is 0 Å². The van der Waals surface area contributed by atoms with Crippen molar-refractivity contribution in [1.29, 1.82) is 0 Å². The molecular formula is C19H24N2O6S2. The van der Waals surface area contributed by atoms with Gasteiger partial charge in [0.25, 0.3) is 5.91 Å². The SMILES string of the molecule is CCNC(=O)c1cc(S(=O)(=O)N[C@H](C)c2ccc(S(C)(=O)=O)cc2)ccc1OC. The lowest BCUT2D eigenvalue weighted by molar-refractivity contribution is 0.0952. The van der Waals surface area contributed by atoms with E-state index in [0.29, 0.717) is 12.1 Å². The zero-order chi connectivity index (χ0) is 21.8. The van der Waals surface area contributed by atoms with Gasteiger partial charge < -0.3 is 10.1 Å². The minimum Gasteiger partial charge on any atom is -0.496 e. The van der Waals surface area contributed by atoms with Gasteiger partial charge in [0.2, 0.25) is 10.0 Å². The smallest absolute Gasteiger partial charge is 0.255 e. The first-order valence-corrected chi connectivity index (χ1v) is 12.2. The number of sulfone groups is 1. The van der Waals surface area contributed by atoms with Crippen LogP contribution in [0.4, 0.5) is 0 Å². The number of benzene rings is 2. The zero-order valence-electron chi connectivity index (χ0n) is 16.6. The molecule has 0 fully saturated rings. The molecule has 8 nitrogen and oxygen atoms in total. The number of hydrogen-bond acceptors (Lipinski definition) is 6. The minimum absolute atomic E-state index is 0.0841. The molecule has 10 heteroatoms. The topological polar surface area (TPSA) is 119 Å². The van der Waals surface area contributed by atoms with Crippen LogP contribution in [-0.2, 0) is 19.9 Å². The number of methoxy groups -OCH3 is 1. The van der Waals surface area contributed by atoms with Gasteiger partial charge in [-0.25, -0.2) is 21.6 Å². The normalized spacial score (nSPS) is 13.0. The van der Waals surface area contributed by atoms with Crippen LogP contribution in [0.1, 0.15) is 35.8 Å². The Balaban J connectivity index is 2.31. The van der Waals surface area contributed by atoms with E-state index in [1.54, 1.807) is 26.0 Å². The highest BCUT2D eigenvalue weighted by molar-refractivity contribution is 7.90. The van der Waals surface area contributed by atoms with Crippen LogP contribution in [-0.4, -0.2) is 42.7 Å². The third-order valence-electron chi connectivity index (χ3n) is 4.20. The van der Waals surface area contributed by atoms with Crippen LogP contribution in [0.15, 0.2) is 52.3 Å². The average molecular weight is 441 g/mol. The Morgan fingerprint density at radius 1 is 1.03 bits per heavy atom. The average Bonchev–Trinajstić information content (AvgIpc) is 2.66. The second-order valence-electron chi connectivity index (χ2n) is 6.41. The van der Waals surface area contributed by atoms with E-state index >= 15 is 0 Å². The van der Waals surface area contributed by atoms with E-state index in [9.17, 15) is 21.6 Å². The molecule has 0 saturated carbocycles. The lowest BCUT2D eigenvalue weighted by atomic mass is 10.1. The third-order valence-corrected chi connectivity index (χ3v) is 6.87. The number of rotatable bonds is 8. The predicted octanol–water partition coefficient (Wildman–Crippen LogP) is 1.89. The summed E-state index contributed by atoms with van der Waals surface area (Å²) in [5.41, 5.74) is 0.709. The van der Waals surface area contributed by atoms with Gasteiger partial charge in [0.05, 0.1) is 22.5 Å². The number of carbonyl (C=O) groups excluding carboxylic acids is 1. The Morgan fingerprint density at radius 3 is 2.14 bits per heavy atom. The number of hydrogen-bond donors (Lipinski definition) is 2. The molecule has 0 bridgehead atoms. The molecule has 2 rings (SSSR count). The van der Waals surface area contributed by atoms with E-state index in [1.165, 1.54) is 37.4 Å². The molecule has 0 aliphatic carbocycles. The molecular weight excluding hydrogens is 416 g/mol. The number of ether oxygens (including phenoxy) is 1. The highest BCUT2D eigenvalue weighted by Gasteiger charge is 2.22. The summed E-state index contributed by atoms with van der Waals surface area (Å²) in [7, 11) is -5.89. The van der Waals surface area contributed by atoms with Crippen LogP contribution < -0.4 is 14.8 Å². The maximum absolute atomic E-state index is 12.8. The van der Waals surface area contributed by atoms with Gasteiger partial charge in [-0.1, -0.05) is 12.1 Å². The first kappa shape index (κ1) is 22.9. The molecule has 29 heavy (non-hydrogen) atoms. The molecule has 1 amide bonds. The van der Waals surface area contributed by atoms with Crippen molar-refractivity contribution in [1.82, 2.24) is 10.0 Å². The Kier molecular flexibility index (Phi) is 7.04. The van der Waals surface area contributed by atoms with Gasteiger partial charge in [-0.15, -0.1) is 0 Å². The Hall–Kier alpha value is -2.43. The second-order valence-corrected chi connectivity index (χ2v) is 10.1. The highest BCUT2D eigenvalue weighted by atomic mass is 32.2. The van der Waals surface area contributed by atoms with E-state index in [0.717, 1.165) is 6.26 Å². The molecule has 2 aromatic rings. The fraction of sp³-hybridized carbons (Fsp3) is 0.316. The standard InChI is InChI=1S/C19H24N2O6S2/c1-5-20-19(22)17-12-16(10-11-18(17)27-3)29(25,26)21-13(2)14-6-8-15(9-7-14)28(4,23)24/h6-13,21H,5H2,1-4H3,(H,20,22)/t13-/m1/s1. The van der Waals surface area contributed by atoms with Crippen molar-refractivity contribution in [3.8, 4) is 5.75 Å². The van der Waals surface area contributed by atoms with Gasteiger partial charge in [-0.3, -0.25) is 4.79 Å². The van der Waals surface area contributed by atoms with Gasteiger partial charge in [-0.05, 0) is 49.7 Å². The molecule has 0 spiro atoms. The molecule has 0 heterocycles. The fourth-order valence-electron chi connectivity index (χ4n) is 2.66. The van der Waals surface area contributed by atoms with Gasteiger partial charge in [0, 0.05) is 18.8 Å². The lowest BCUT2D eigenvalue weighted by Gasteiger charge is -2.16. The van der Waals surface area contributed by atoms with E-state index in [-0.39, 0.29) is 21.1 Å². The Labute approximate surface area is 171 Å². The molecule has 0 unspecified atom stereocenters. The summed E-state index contributed by atoms with van der Waals surface area (Å²) in [5, 5.41) is 2.62. The lowest BCUT2D eigenvalue weighted by Crippen LogP contribution is -2.28. The van der Waals surface area contributed by atoms with Crippen molar-refractivity contribution in [2.75, 3.05) is 19.9 Å². The molecule has 0 aliphatic rings. The maximum Gasteiger partial charge on any atom is 0.255 e. The van der Waals surface area contributed by atoms with Gasteiger partial charge in [0.15, 0.2) is 9.84 Å². The molecule has 158 valence electrons. The van der Waals surface area contributed by atoms with Crippen molar-refractivity contribution in [2.24, 2.45) is 0 Å². The summed E-state index contributed by atoms with van der Waals surface area (Å²) in [5.74, 6) is -0.176. The van der Waals surface area contributed by atoms with Crippen molar-refractivity contribution in [3.05, 3.63) is 53.6 Å². The van der Waals surface area contributed by atoms with Crippen molar-refractivity contribution >= 4 is 25.8 Å². The minimum atomic E-state index is -3.95. The molecule has 0 aliphatic heterocycles. The summed E-state index contributed by atoms with van der Waals surface area (Å²) in [6, 6.07) is 9.37. The van der Waals surface area contributed by atoms with Gasteiger partial charge in [0.1, 0.15) is 5.75 Å². The fourth-order valence-corrected chi connectivity index (χ4v) is 4.55. The maximum atomic E-state index is 12.8. The number of carbonyl (C=O) groups is 1. The Bertz CT molecular complexity index is 1090. The van der Waals surface area contributed by atoms with E-state index in [1.807, 2.05) is 0 Å². The number of amides is 1. The molecule has 2 N–H and O–H groups in total. The largest absolute Gasteiger partial charge is 0.496 e. The first-order valence-electron chi connectivity index (χ1n) is 8.78. The zero-order valence-corrected chi connectivity index (χ0v) is 18.2. The van der Waals surface area contributed by atoms with E-state index in [2.05, 4.69) is 10.0 Å². The van der Waals surface area contributed by atoms with Crippen LogP contribution in [0, 0.1) is 0 Å². The van der Waals surface area contributed by atoms with Crippen LogP contribution >= 0.6 is 0 Å². The summed E-state index contributed by atoms with van der Waals surface area (Å²) in [6.45, 7) is 3.78. The van der Waals surface area contributed by atoms with Crippen LogP contribution in [0.5, 0.6) is 5.75 Å². The summed E-state index contributed by atoms with van der Waals surface area (Å²) >= 11 is 0. The summed E-state index contributed by atoms with van der Waals surface area (Å²) < 4.78 is 56.4. The van der Waals surface area contributed by atoms with Crippen LogP contribution in [0.3, 0.4) is 0 Å². The Morgan fingerprint density at radius 2 is 1.62 bits per heavy atom. The van der Waals surface area contributed by atoms with Gasteiger partial charge in [-0.2, -0.15) is 0 Å². The number of nitrogens with one attached hydrogen (secondary N) is 2. The van der Waals surface area contributed by atoms with Crippen LogP contribution in [0.25, 0.3) is 0 Å². The molecule has 0 aromatic heterocycles. The van der Waals surface area contributed by atoms with E-state index in [4.69, 9.17) is 4.74 Å². The highest BCUT2D eigenvalue weighted by Crippen LogP contribution is 2.24. The van der Waals surface area contributed by atoms with Crippen molar-refractivity contribution in [3.63, 3.8) is 0 Å². The summed E-state index contributed by atoms with van der Waals surface area (Å²) in [6.07, 6.45) is 1.10. The molecule has 0 saturated heterocycles. The first-order chi connectivity index (χ1) is 13.5. The van der Waals surface area contributed by atoms with Crippen molar-refractivity contribution in [2.45, 2.75) is 29.7 Å². The third kappa shape index (κ3) is 5.55. The quantitative estimate of drug-likeness (QED) is 0.647. The predicted molar refractivity (Wildman–Crippen MR) is 109 cm³/mol. The second kappa shape index (κ2) is 8.93.